The third-order valence-corrected chi connectivity index (χ3v) is 5.46. The minimum absolute atomic E-state index is 0.0753. The molecule has 1 fully saturated rings. The van der Waals surface area contributed by atoms with Crippen molar-refractivity contribution in [3.63, 3.8) is 0 Å². The Balaban J connectivity index is 1.56. The molecule has 3 amide bonds. The van der Waals surface area contributed by atoms with Gasteiger partial charge in [0.15, 0.2) is 0 Å². The fourth-order valence-electron chi connectivity index (χ4n) is 3.43. The molecule has 1 aliphatic heterocycles. The fraction of sp³-hybridized carbons (Fsp3) is 0.227. The van der Waals surface area contributed by atoms with Gasteiger partial charge in [0, 0.05) is 28.7 Å². The Hall–Kier alpha value is -3.17. The SMILES string of the molecule is O=C(NC[C@H]1CCCO1)C(=O)Nn1c(C(=O)Nc2ccccc2)cc2cc(Br)ccc21. The molecule has 1 atom stereocenters. The predicted octanol–water partition coefficient (Wildman–Crippen LogP) is 3.02. The van der Waals surface area contributed by atoms with Crippen molar-refractivity contribution < 1.29 is 19.1 Å². The van der Waals surface area contributed by atoms with E-state index >= 15 is 0 Å². The summed E-state index contributed by atoms with van der Waals surface area (Å²) >= 11 is 3.41. The molecule has 2 heterocycles. The van der Waals surface area contributed by atoms with Crippen LogP contribution in [0.4, 0.5) is 5.69 Å². The number of nitrogens with zero attached hydrogens (tertiary/aromatic N) is 1. The molecular weight excluding hydrogens is 464 g/mol. The number of aromatic nitrogens is 1. The van der Waals surface area contributed by atoms with Crippen molar-refractivity contribution in [2.45, 2.75) is 18.9 Å². The number of fused-ring (bicyclic) bond motifs is 1. The molecule has 31 heavy (non-hydrogen) atoms. The van der Waals surface area contributed by atoms with Gasteiger partial charge in [0.2, 0.25) is 0 Å². The first-order valence-corrected chi connectivity index (χ1v) is 10.7. The van der Waals surface area contributed by atoms with Gasteiger partial charge < -0.3 is 15.4 Å². The van der Waals surface area contributed by atoms with Crippen LogP contribution in [0.5, 0.6) is 0 Å². The Kier molecular flexibility index (Phi) is 6.34. The normalized spacial score (nSPS) is 15.6. The zero-order chi connectivity index (χ0) is 21.8. The van der Waals surface area contributed by atoms with E-state index in [1.807, 2.05) is 24.3 Å². The highest BCUT2D eigenvalue weighted by Gasteiger charge is 2.22. The Labute approximate surface area is 187 Å². The highest BCUT2D eigenvalue weighted by Crippen LogP contribution is 2.24. The smallest absolute Gasteiger partial charge is 0.328 e. The van der Waals surface area contributed by atoms with Gasteiger partial charge in [0.25, 0.3) is 5.91 Å². The highest BCUT2D eigenvalue weighted by molar-refractivity contribution is 9.10. The third-order valence-electron chi connectivity index (χ3n) is 4.96. The quantitative estimate of drug-likeness (QED) is 0.484. The molecule has 0 spiro atoms. The lowest BCUT2D eigenvalue weighted by Crippen LogP contribution is -2.42. The average Bonchev–Trinajstić information content (AvgIpc) is 3.40. The van der Waals surface area contributed by atoms with Crippen LogP contribution in [0, 0.1) is 0 Å². The first-order valence-electron chi connectivity index (χ1n) is 9.89. The molecular formula is C22H21BrN4O4. The molecule has 3 N–H and O–H groups in total. The molecule has 4 rings (SSSR count). The van der Waals surface area contributed by atoms with Crippen molar-refractivity contribution in [1.82, 2.24) is 9.99 Å². The minimum atomic E-state index is -0.868. The molecule has 0 saturated carbocycles. The van der Waals surface area contributed by atoms with E-state index < -0.39 is 17.7 Å². The van der Waals surface area contributed by atoms with Crippen LogP contribution in [0.3, 0.4) is 0 Å². The lowest BCUT2D eigenvalue weighted by atomic mass is 10.2. The summed E-state index contributed by atoms with van der Waals surface area (Å²) in [5.41, 5.74) is 3.94. The molecule has 160 valence electrons. The van der Waals surface area contributed by atoms with Crippen LogP contribution >= 0.6 is 15.9 Å². The van der Waals surface area contributed by atoms with E-state index in [2.05, 4.69) is 32.0 Å². The summed E-state index contributed by atoms with van der Waals surface area (Å²) < 4.78 is 7.61. The number of hydrogen-bond acceptors (Lipinski definition) is 4. The number of benzene rings is 2. The van der Waals surface area contributed by atoms with Crippen LogP contribution in [0.1, 0.15) is 23.3 Å². The van der Waals surface area contributed by atoms with Crippen LogP contribution in [0.25, 0.3) is 10.9 Å². The first-order chi connectivity index (χ1) is 15.0. The highest BCUT2D eigenvalue weighted by atomic mass is 79.9. The number of carbonyl (C=O) groups is 3. The van der Waals surface area contributed by atoms with Crippen molar-refractivity contribution in [3.05, 3.63) is 64.8 Å². The van der Waals surface area contributed by atoms with E-state index in [0.717, 1.165) is 22.7 Å². The lowest BCUT2D eigenvalue weighted by Gasteiger charge is -2.14. The third kappa shape index (κ3) is 4.95. The van der Waals surface area contributed by atoms with Gasteiger partial charge in [-0.25, -0.2) is 4.68 Å². The Morgan fingerprint density at radius 1 is 1.06 bits per heavy atom. The van der Waals surface area contributed by atoms with E-state index in [1.54, 1.807) is 30.3 Å². The maximum atomic E-state index is 12.9. The molecule has 0 unspecified atom stereocenters. The number of anilines is 1. The number of hydrogen-bond donors (Lipinski definition) is 3. The van der Waals surface area contributed by atoms with Gasteiger partial charge in [-0.05, 0) is 49.2 Å². The molecule has 0 radical (unpaired) electrons. The van der Waals surface area contributed by atoms with Crippen LogP contribution in [0.15, 0.2) is 59.1 Å². The monoisotopic (exact) mass is 484 g/mol. The molecule has 0 bridgehead atoms. The van der Waals surface area contributed by atoms with E-state index in [0.29, 0.717) is 17.8 Å². The molecule has 9 heteroatoms. The Bertz CT molecular complexity index is 1120. The molecule has 8 nitrogen and oxygen atoms in total. The number of carbonyl (C=O) groups excluding carboxylic acids is 3. The van der Waals surface area contributed by atoms with Crippen molar-refractivity contribution in [3.8, 4) is 0 Å². The summed E-state index contributed by atoms with van der Waals surface area (Å²) in [5, 5.41) is 6.11. The summed E-state index contributed by atoms with van der Waals surface area (Å²) in [6.07, 6.45) is 1.72. The second-order valence-electron chi connectivity index (χ2n) is 7.17. The van der Waals surface area contributed by atoms with E-state index in [9.17, 15) is 14.4 Å². The van der Waals surface area contributed by atoms with E-state index in [4.69, 9.17) is 4.74 Å². The summed E-state index contributed by atoms with van der Waals surface area (Å²) in [7, 11) is 0. The van der Waals surface area contributed by atoms with Gasteiger partial charge in [0.05, 0.1) is 11.6 Å². The number of amides is 3. The number of ether oxygens (including phenoxy) is 1. The first kappa shape index (κ1) is 21.1. The average molecular weight is 485 g/mol. The summed E-state index contributed by atoms with van der Waals surface area (Å²) in [5.74, 6) is -2.07. The molecule has 1 aromatic heterocycles. The van der Waals surface area contributed by atoms with Gasteiger partial charge in [-0.2, -0.15) is 0 Å². The van der Waals surface area contributed by atoms with Crippen LogP contribution in [0.2, 0.25) is 0 Å². The number of halogens is 1. The topological polar surface area (TPSA) is 101 Å². The standard InChI is InChI=1S/C22H21BrN4O4/c23-15-8-9-18-14(11-15)12-19(20(28)25-16-5-2-1-3-6-16)27(18)26-22(30)21(29)24-13-17-7-4-10-31-17/h1-3,5-6,8-9,11-12,17H,4,7,10,13H2,(H,24,29)(H,25,28)(H,26,30)/t17-/m1/s1. The summed E-state index contributed by atoms with van der Waals surface area (Å²) in [4.78, 5) is 37.7. The van der Waals surface area contributed by atoms with Crippen molar-refractivity contribution in [1.29, 1.82) is 0 Å². The van der Waals surface area contributed by atoms with Gasteiger partial charge >= 0.3 is 11.8 Å². The van der Waals surface area contributed by atoms with Gasteiger partial charge in [-0.3, -0.25) is 19.8 Å². The van der Waals surface area contributed by atoms with Crippen molar-refractivity contribution in [2.24, 2.45) is 0 Å². The molecule has 3 aromatic rings. The number of rotatable bonds is 5. The Morgan fingerprint density at radius 3 is 2.61 bits per heavy atom. The maximum Gasteiger partial charge on any atom is 0.328 e. The Morgan fingerprint density at radius 2 is 1.87 bits per heavy atom. The van der Waals surface area contributed by atoms with Gasteiger partial charge in [-0.15, -0.1) is 0 Å². The zero-order valence-corrected chi connectivity index (χ0v) is 18.1. The lowest BCUT2D eigenvalue weighted by molar-refractivity contribution is -0.136. The zero-order valence-electron chi connectivity index (χ0n) is 16.6. The fourth-order valence-corrected chi connectivity index (χ4v) is 3.81. The summed E-state index contributed by atoms with van der Waals surface area (Å²) in [6, 6.07) is 16.0. The maximum absolute atomic E-state index is 12.9. The second-order valence-corrected chi connectivity index (χ2v) is 8.09. The van der Waals surface area contributed by atoms with Crippen LogP contribution in [-0.2, 0) is 14.3 Å². The minimum Gasteiger partial charge on any atom is -0.376 e. The van der Waals surface area contributed by atoms with Crippen molar-refractivity contribution in [2.75, 3.05) is 23.9 Å². The largest absolute Gasteiger partial charge is 0.376 e. The summed E-state index contributed by atoms with van der Waals surface area (Å²) in [6.45, 7) is 0.935. The number of para-hydroxylation sites is 1. The molecule has 2 aromatic carbocycles. The van der Waals surface area contributed by atoms with E-state index in [1.165, 1.54) is 4.68 Å². The predicted molar refractivity (Wildman–Crippen MR) is 120 cm³/mol. The van der Waals surface area contributed by atoms with E-state index in [-0.39, 0.29) is 18.3 Å². The van der Waals surface area contributed by atoms with Gasteiger partial charge in [-0.1, -0.05) is 34.1 Å². The van der Waals surface area contributed by atoms with Crippen LogP contribution in [-0.4, -0.2) is 41.7 Å². The molecule has 1 saturated heterocycles. The number of nitrogens with one attached hydrogen (secondary N) is 3. The second kappa shape index (κ2) is 9.32. The van der Waals surface area contributed by atoms with Crippen molar-refractivity contribution >= 4 is 50.2 Å². The molecule has 1 aliphatic rings. The van der Waals surface area contributed by atoms with Gasteiger partial charge in [0.1, 0.15) is 5.69 Å². The van der Waals surface area contributed by atoms with Crippen LogP contribution < -0.4 is 16.1 Å². The molecule has 0 aliphatic carbocycles.